The van der Waals surface area contributed by atoms with Crippen molar-refractivity contribution in [2.45, 2.75) is 13.8 Å². The minimum Gasteiger partial charge on any atom is -0.383 e. The van der Waals surface area contributed by atoms with Crippen LogP contribution >= 0.6 is 0 Å². The molecule has 0 saturated heterocycles. The average molecular weight is 216 g/mol. The monoisotopic (exact) mass is 216 g/mol. The van der Waals surface area contributed by atoms with Gasteiger partial charge >= 0.3 is 0 Å². The highest BCUT2D eigenvalue weighted by molar-refractivity contribution is 5.77. The van der Waals surface area contributed by atoms with Crippen molar-refractivity contribution in [2.24, 2.45) is 5.92 Å². The first-order chi connectivity index (χ1) is 6.97. The van der Waals surface area contributed by atoms with Gasteiger partial charge in [0.1, 0.15) is 0 Å². The zero-order valence-corrected chi connectivity index (χ0v) is 10.6. The molecule has 0 radical (unpaired) electrons. The summed E-state index contributed by atoms with van der Waals surface area (Å²) in [5, 5.41) is 0. The fourth-order valence-electron chi connectivity index (χ4n) is 1.30. The van der Waals surface area contributed by atoms with Crippen LogP contribution in [0.1, 0.15) is 13.8 Å². The number of likely N-dealkylation sites (N-methyl/N-ethyl adjacent to an activating group) is 1. The summed E-state index contributed by atoms with van der Waals surface area (Å²) in [6.07, 6.45) is 0. The van der Waals surface area contributed by atoms with Crippen LogP contribution < -0.4 is 0 Å². The molecule has 0 aromatic carbocycles. The zero-order chi connectivity index (χ0) is 11.8. The Kier molecular flexibility index (Phi) is 7.34. The third kappa shape index (κ3) is 7.33. The molecule has 0 spiro atoms. The number of hydrogen-bond donors (Lipinski definition) is 0. The van der Waals surface area contributed by atoms with E-state index in [1.165, 1.54) is 0 Å². The molecule has 0 rings (SSSR count). The van der Waals surface area contributed by atoms with Gasteiger partial charge in [-0.1, -0.05) is 13.8 Å². The Bertz CT molecular complexity index is 181. The molecule has 15 heavy (non-hydrogen) atoms. The molecule has 0 saturated carbocycles. The minimum atomic E-state index is 0.145. The van der Waals surface area contributed by atoms with Gasteiger partial charge in [-0.3, -0.25) is 9.69 Å². The van der Waals surface area contributed by atoms with E-state index in [2.05, 4.69) is 18.7 Å². The van der Waals surface area contributed by atoms with Crippen LogP contribution in [0.15, 0.2) is 0 Å². The van der Waals surface area contributed by atoms with Gasteiger partial charge in [-0.15, -0.1) is 0 Å². The first-order valence-electron chi connectivity index (χ1n) is 5.38. The van der Waals surface area contributed by atoms with E-state index in [1.807, 2.05) is 0 Å². The minimum absolute atomic E-state index is 0.145. The third-order valence-electron chi connectivity index (χ3n) is 2.09. The average Bonchev–Trinajstić information content (AvgIpc) is 2.13. The van der Waals surface area contributed by atoms with Crippen LogP contribution in [0.4, 0.5) is 0 Å². The Hall–Kier alpha value is -0.610. The Balaban J connectivity index is 4.05. The highest BCUT2D eigenvalue weighted by Gasteiger charge is 2.12. The molecule has 0 heterocycles. The number of methoxy groups -OCH3 is 1. The van der Waals surface area contributed by atoms with Gasteiger partial charge in [0, 0.05) is 34.3 Å². The largest absolute Gasteiger partial charge is 0.383 e. The van der Waals surface area contributed by atoms with Crippen molar-refractivity contribution in [2.75, 3.05) is 47.4 Å². The van der Waals surface area contributed by atoms with Gasteiger partial charge in [0.25, 0.3) is 0 Å². The summed E-state index contributed by atoms with van der Waals surface area (Å²) in [6, 6.07) is 0. The molecule has 0 aliphatic rings. The van der Waals surface area contributed by atoms with Gasteiger partial charge in [-0.05, 0) is 5.92 Å². The van der Waals surface area contributed by atoms with Crippen LogP contribution in [0.25, 0.3) is 0 Å². The Labute approximate surface area is 93.2 Å². The lowest BCUT2D eigenvalue weighted by molar-refractivity contribution is -0.130. The summed E-state index contributed by atoms with van der Waals surface area (Å²) in [5.74, 6) is 0.712. The molecular formula is C11H24N2O2. The number of carbonyl (C=O) groups is 1. The molecule has 0 aromatic rings. The second-order valence-electron chi connectivity index (χ2n) is 4.41. The van der Waals surface area contributed by atoms with E-state index in [1.54, 1.807) is 26.1 Å². The first kappa shape index (κ1) is 14.4. The van der Waals surface area contributed by atoms with Crippen LogP contribution in [-0.4, -0.2) is 63.2 Å². The van der Waals surface area contributed by atoms with E-state index in [4.69, 9.17) is 4.74 Å². The van der Waals surface area contributed by atoms with Crippen molar-refractivity contribution in [1.82, 2.24) is 9.80 Å². The van der Waals surface area contributed by atoms with Crippen molar-refractivity contribution < 1.29 is 9.53 Å². The fraction of sp³-hybridized carbons (Fsp3) is 0.909. The molecular weight excluding hydrogens is 192 g/mol. The second kappa shape index (κ2) is 7.65. The molecule has 1 amide bonds. The smallest absolute Gasteiger partial charge is 0.236 e. The number of ether oxygens (including phenoxy) is 1. The van der Waals surface area contributed by atoms with E-state index >= 15 is 0 Å². The first-order valence-corrected chi connectivity index (χ1v) is 5.38. The highest BCUT2D eigenvalue weighted by Crippen LogP contribution is 1.99. The number of amides is 1. The summed E-state index contributed by atoms with van der Waals surface area (Å²) in [5.41, 5.74) is 0. The van der Waals surface area contributed by atoms with Crippen LogP contribution in [0.2, 0.25) is 0 Å². The SMILES string of the molecule is COCCN(CC(=O)N(C)C)CC(C)C. The molecule has 4 heteroatoms. The van der Waals surface area contributed by atoms with Crippen molar-refractivity contribution in [3.05, 3.63) is 0 Å². The quantitative estimate of drug-likeness (QED) is 0.627. The van der Waals surface area contributed by atoms with Crippen molar-refractivity contribution in [3.63, 3.8) is 0 Å². The van der Waals surface area contributed by atoms with Crippen LogP contribution in [0.5, 0.6) is 0 Å². The number of rotatable bonds is 7. The van der Waals surface area contributed by atoms with Gasteiger partial charge in [-0.25, -0.2) is 0 Å². The summed E-state index contributed by atoms with van der Waals surface area (Å²) >= 11 is 0. The molecule has 0 N–H and O–H groups in total. The van der Waals surface area contributed by atoms with E-state index in [0.29, 0.717) is 19.1 Å². The predicted octanol–water partition coefficient (Wildman–Crippen LogP) is 0.679. The normalized spacial score (nSPS) is 11.1. The number of hydrogen-bond acceptors (Lipinski definition) is 3. The number of nitrogens with zero attached hydrogens (tertiary/aromatic N) is 2. The Morgan fingerprint density at radius 2 is 1.93 bits per heavy atom. The molecule has 0 aliphatic heterocycles. The van der Waals surface area contributed by atoms with Crippen molar-refractivity contribution in [1.29, 1.82) is 0 Å². The molecule has 4 nitrogen and oxygen atoms in total. The molecule has 0 fully saturated rings. The summed E-state index contributed by atoms with van der Waals surface area (Å²) in [6.45, 7) is 7.21. The lowest BCUT2D eigenvalue weighted by Gasteiger charge is -2.24. The zero-order valence-electron chi connectivity index (χ0n) is 10.6. The maximum absolute atomic E-state index is 11.5. The van der Waals surface area contributed by atoms with Crippen LogP contribution in [-0.2, 0) is 9.53 Å². The maximum atomic E-state index is 11.5. The molecule has 0 aliphatic carbocycles. The molecule has 0 unspecified atom stereocenters. The Morgan fingerprint density at radius 3 is 2.33 bits per heavy atom. The van der Waals surface area contributed by atoms with E-state index in [0.717, 1.165) is 13.1 Å². The van der Waals surface area contributed by atoms with E-state index < -0.39 is 0 Å². The van der Waals surface area contributed by atoms with E-state index in [9.17, 15) is 4.79 Å². The molecule has 0 bridgehead atoms. The van der Waals surface area contributed by atoms with Gasteiger partial charge in [-0.2, -0.15) is 0 Å². The van der Waals surface area contributed by atoms with Gasteiger partial charge < -0.3 is 9.64 Å². The maximum Gasteiger partial charge on any atom is 0.236 e. The number of carbonyl (C=O) groups excluding carboxylic acids is 1. The third-order valence-corrected chi connectivity index (χ3v) is 2.09. The van der Waals surface area contributed by atoms with Crippen molar-refractivity contribution >= 4 is 5.91 Å². The lowest BCUT2D eigenvalue weighted by Crippen LogP contribution is -2.40. The highest BCUT2D eigenvalue weighted by atomic mass is 16.5. The molecule has 0 atom stereocenters. The van der Waals surface area contributed by atoms with E-state index in [-0.39, 0.29) is 5.91 Å². The topological polar surface area (TPSA) is 32.8 Å². The molecule has 90 valence electrons. The summed E-state index contributed by atoms with van der Waals surface area (Å²) in [7, 11) is 5.25. The van der Waals surface area contributed by atoms with Crippen LogP contribution in [0.3, 0.4) is 0 Å². The lowest BCUT2D eigenvalue weighted by atomic mass is 10.2. The van der Waals surface area contributed by atoms with Gasteiger partial charge in [0.15, 0.2) is 0 Å². The van der Waals surface area contributed by atoms with Crippen molar-refractivity contribution in [3.8, 4) is 0 Å². The second-order valence-corrected chi connectivity index (χ2v) is 4.41. The summed E-state index contributed by atoms with van der Waals surface area (Å²) < 4.78 is 5.03. The fourth-order valence-corrected chi connectivity index (χ4v) is 1.30. The van der Waals surface area contributed by atoms with Crippen LogP contribution in [0, 0.1) is 5.92 Å². The van der Waals surface area contributed by atoms with Gasteiger partial charge in [0.2, 0.25) is 5.91 Å². The van der Waals surface area contributed by atoms with Gasteiger partial charge in [0.05, 0.1) is 13.2 Å². The predicted molar refractivity (Wildman–Crippen MR) is 61.8 cm³/mol. The Morgan fingerprint density at radius 1 is 1.33 bits per heavy atom. The standard InChI is InChI=1S/C11H24N2O2/c1-10(2)8-13(6-7-15-5)9-11(14)12(3)4/h10H,6-9H2,1-5H3. The molecule has 0 aromatic heterocycles. The summed E-state index contributed by atoms with van der Waals surface area (Å²) in [4.78, 5) is 15.3.